The second-order valence-electron chi connectivity index (χ2n) is 4.51. The van der Waals surface area contributed by atoms with E-state index in [9.17, 15) is 4.39 Å². The second-order valence-corrected chi connectivity index (χ2v) is 4.92. The summed E-state index contributed by atoms with van der Waals surface area (Å²) in [6, 6.07) is 9.82. The van der Waals surface area contributed by atoms with Gasteiger partial charge in [-0.05, 0) is 49.2 Å². The maximum absolute atomic E-state index is 13.9. The van der Waals surface area contributed by atoms with Crippen LogP contribution in [0, 0.1) is 12.7 Å². The standard InChI is InChI=1S/C15H15ClFNO/c1-9-3-5-12(16)15(7-9)19-14-6-4-11(10(2)18)8-13(14)17/h3-8,10H,18H2,1-2H3/t10-/m0/s1. The molecule has 2 nitrogen and oxygen atoms in total. The van der Waals surface area contributed by atoms with Crippen LogP contribution in [0.15, 0.2) is 36.4 Å². The Morgan fingerprint density at radius 1 is 1.16 bits per heavy atom. The van der Waals surface area contributed by atoms with Gasteiger partial charge in [0.25, 0.3) is 0 Å². The molecule has 2 aromatic rings. The number of hydrogen-bond donors (Lipinski definition) is 1. The van der Waals surface area contributed by atoms with E-state index in [2.05, 4.69) is 0 Å². The molecular weight excluding hydrogens is 265 g/mol. The molecule has 0 amide bonds. The maximum atomic E-state index is 13.9. The monoisotopic (exact) mass is 279 g/mol. The van der Waals surface area contributed by atoms with Gasteiger partial charge in [-0.3, -0.25) is 0 Å². The molecule has 0 aliphatic heterocycles. The van der Waals surface area contributed by atoms with Gasteiger partial charge in [-0.15, -0.1) is 0 Å². The smallest absolute Gasteiger partial charge is 0.166 e. The number of halogens is 2. The summed E-state index contributed by atoms with van der Waals surface area (Å²) >= 11 is 6.01. The van der Waals surface area contributed by atoms with Gasteiger partial charge in [0.2, 0.25) is 0 Å². The molecule has 0 radical (unpaired) electrons. The molecule has 0 spiro atoms. The molecule has 100 valence electrons. The normalized spacial score (nSPS) is 12.3. The molecule has 2 rings (SSSR count). The van der Waals surface area contributed by atoms with Crippen LogP contribution in [-0.2, 0) is 0 Å². The lowest BCUT2D eigenvalue weighted by molar-refractivity contribution is 0.441. The van der Waals surface area contributed by atoms with Gasteiger partial charge in [-0.2, -0.15) is 0 Å². The van der Waals surface area contributed by atoms with Gasteiger partial charge in [0, 0.05) is 6.04 Å². The fraction of sp³-hybridized carbons (Fsp3) is 0.200. The second kappa shape index (κ2) is 5.59. The largest absolute Gasteiger partial charge is 0.453 e. The van der Waals surface area contributed by atoms with Gasteiger partial charge >= 0.3 is 0 Å². The summed E-state index contributed by atoms with van der Waals surface area (Å²) in [4.78, 5) is 0. The van der Waals surface area contributed by atoms with E-state index < -0.39 is 5.82 Å². The zero-order chi connectivity index (χ0) is 14.0. The first-order valence-corrected chi connectivity index (χ1v) is 6.34. The van der Waals surface area contributed by atoms with Crippen molar-refractivity contribution >= 4 is 11.6 Å². The lowest BCUT2D eigenvalue weighted by Crippen LogP contribution is -2.05. The van der Waals surface area contributed by atoms with Crippen LogP contribution in [0.25, 0.3) is 0 Å². The fourth-order valence-electron chi connectivity index (χ4n) is 1.69. The van der Waals surface area contributed by atoms with E-state index in [1.165, 1.54) is 6.07 Å². The third-order valence-electron chi connectivity index (χ3n) is 2.79. The van der Waals surface area contributed by atoms with E-state index >= 15 is 0 Å². The van der Waals surface area contributed by atoms with E-state index in [0.29, 0.717) is 10.8 Å². The van der Waals surface area contributed by atoms with Crippen LogP contribution >= 0.6 is 11.6 Å². The predicted octanol–water partition coefficient (Wildman–Crippen LogP) is 4.60. The minimum Gasteiger partial charge on any atom is -0.453 e. The molecule has 0 saturated carbocycles. The Bertz CT molecular complexity index is 599. The van der Waals surface area contributed by atoms with Crippen molar-refractivity contribution in [2.45, 2.75) is 19.9 Å². The van der Waals surface area contributed by atoms with E-state index in [-0.39, 0.29) is 11.8 Å². The Morgan fingerprint density at radius 3 is 2.53 bits per heavy atom. The van der Waals surface area contributed by atoms with Gasteiger partial charge in [0.1, 0.15) is 5.75 Å². The van der Waals surface area contributed by atoms with Crippen LogP contribution < -0.4 is 10.5 Å². The Morgan fingerprint density at radius 2 is 1.89 bits per heavy atom. The van der Waals surface area contributed by atoms with Crippen LogP contribution in [0.1, 0.15) is 24.1 Å². The highest BCUT2D eigenvalue weighted by molar-refractivity contribution is 6.32. The number of aryl methyl sites for hydroxylation is 1. The van der Waals surface area contributed by atoms with E-state index in [1.54, 1.807) is 31.2 Å². The Balaban J connectivity index is 2.31. The van der Waals surface area contributed by atoms with Crippen molar-refractivity contribution in [3.63, 3.8) is 0 Å². The number of ether oxygens (including phenoxy) is 1. The SMILES string of the molecule is Cc1ccc(Cl)c(Oc2ccc([C@H](C)N)cc2F)c1. The highest BCUT2D eigenvalue weighted by Gasteiger charge is 2.10. The first-order chi connectivity index (χ1) is 8.97. The van der Waals surface area contributed by atoms with Gasteiger partial charge in [-0.1, -0.05) is 23.7 Å². The first-order valence-electron chi connectivity index (χ1n) is 5.96. The van der Waals surface area contributed by atoms with Crippen LogP contribution in [-0.4, -0.2) is 0 Å². The predicted molar refractivity (Wildman–Crippen MR) is 75.3 cm³/mol. The number of nitrogens with two attached hydrogens (primary N) is 1. The summed E-state index contributed by atoms with van der Waals surface area (Å²) in [5.74, 6) is 0.124. The molecule has 19 heavy (non-hydrogen) atoms. The number of rotatable bonds is 3. The van der Waals surface area contributed by atoms with Crippen molar-refractivity contribution in [1.82, 2.24) is 0 Å². The average Bonchev–Trinajstić information content (AvgIpc) is 2.36. The summed E-state index contributed by atoms with van der Waals surface area (Å²) in [6.45, 7) is 3.71. The zero-order valence-electron chi connectivity index (χ0n) is 10.8. The van der Waals surface area contributed by atoms with Gasteiger partial charge in [-0.25, -0.2) is 4.39 Å². The van der Waals surface area contributed by atoms with Gasteiger partial charge < -0.3 is 10.5 Å². The maximum Gasteiger partial charge on any atom is 0.166 e. The molecule has 0 aliphatic rings. The van der Waals surface area contributed by atoms with Crippen LogP contribution in [0.2, 0.25) is 5.02 Å². The molecule has 0 unspecified atom stereocenters. The highest BCUT2D eigenvalue weighted by Crippen LogP contribution is 2.32. The Hall–Kier alpha value is -1.58. The van der Waals surface area contributed by atoms with Crippen molar-refractivity contribution in [3.05, 3.63) is 58.4 Å². The minimum atomic E-state index is -0.452. The van der Waals surface area contributed by atoms with Gasteiger partial charge in [0.15, 0.2) is 11.6 Å². The lowest BCUT2D eigenvalue weighted by atomic mass is 10.1. The molecule has 4 heteroatoms. The molecule has 0 aromatic heterocycles. The van der Waals surface area contributed by atoms with Crippen molar-refractivity contribution < 1.29 is 9.13 Å². The third-order valence-corrected chi connectivity index (χ3v) is 3.10. The minimum absolute atomic E-state index is 0.136. The van der Waals surface area contributed by atoms with E-state index in [0.717, 1.165) is 11.1 Å². The summed E-state index contributed by atoms with van der Waals surface area (Å²) in [7, 11) is 0. The Kier molecular flexibility index (Phi) is 4.08. The molecular formula is C15H15ClFNO. The van der Waals surface area contributed by atoms with Gasteiger partial charge in [0.05, 0.1) is 5.02 Å². The summed E-state index contributed by atoms with van der Waals surface area (Å²) < 4.78 is 19.4. The summed E-state index contributed by atoms with van der Waals surface area (Å²) in [5, 5.41) is 0.446. The zero-order valence-corrected chi connectivity index (χ0v) is 11.5. The molecule has 0 aliphatic carbocycles. The third kappa shape index (κ3) is 3.25. The molecule has 1 atom stereocenters. The summed E-state index contributed by atoms with van der Waals surface area (Å²) in [5.41, 5.74) is 7.42. The Labute approximate surface area is 117 Å². The average molecular weight is 280 g/mol. The van der Waals surface area contributed by atoms with Crippen LogP contribution in [0.3, 0.4) is 0 Å². The molecule has 0 heterocycles. The highest BCUT2D eigenvalue weighted by atomic mass is 35.5. The van der Waals surface area contributed by atoms with Crippen LogP contribution in [0.5, 0.6) is 11.5 Å². The molecule has 0 fully saturated rings. The molecule has 2 N–H and O–H groups in total. The first kappa shape index (κ1) is 13.8. The van der Waals surface area contributed by atoms with Crippen molar-refractivity contribution in [3.8, 4) is 11.5 Å². The summed E-state index contributed by atoms with van der Waals surface area (Å²) in [6.07, 6.45) is 0. The number of benzene rings is 2. The van der Waals surface area contributed by atoms with Crippen LogP contribution in [0.4, 0.5) is 4.39 Å². The molecule has 0 saturated heterocycles. The number of hydrogen-bond acceptors (Lipinski definition) is 2. The van der Waals surface area contributed by atoms with E-state index in [4.69, 9.17) is 22.1 Å². The molecule has 2 aromatic carbocycles. The fourth-order valence-corrected chi connectivity index (χ4v) is 1.85. The van der Waals surface area contributed by atoms with Crippen molar-refractivity contribution in [2.24, 2.45) is 5.73 Å². The van der Waals surface area contributed by atoms with Crippen molar-refractivity contribution in [2.75, 3.05) is 0 Å². The molecule has 0 bridgehead atoms. The van der Waals surface area contributed by atoms with Crippen molar-refractivity contribution in [1.29, 1.82) is 0 Å². The quantitative estimate of drug-likeness (QED) is 0.891. The topological polar surface area (TPSA) is 35.2 Å². The lowest BCUT2D eigenvalue weighted by Gasteiger charge is -2.11. The van der Waals surface area contributed by atoms with E-state index in [1.807, 2.05) is 13.0 Å².